The molecule has 1 amide bonds. The molecule has 0 bridgehead atoms. The van der Waals surface area contributed by atoms with Gasteiger partial charge in [-0.3, -0.25) is 4.79 Å². The van der Waals surface area contributed by atoms with Gasteiger partial charge in [-0.1, -0.05) is 35.6 Å². The third kappa shape index (κ3) is 4.37. The summed E-state index contributed by atoms with van der Waals surface area (Å²) in [7, 11) is 0. The highest BCUT2D eigenvalue weighted by atomic mass is 35.5. The summed E-state index contributed by atoms with van der Waals surface area (Å²) in [5.74, 6) is 0.598. The Labute approximate surface area is 182 Å². The fraction of sp³-hybridized carbons (Fsp3) is 0.0952. The van der Waals surface area contributed by atoms with Crippen LogP contribution in [0.3, 0.4) is 0 Å². The number of aromatic nitrogens is 2. The van der Waals surface area contributed by atoms with Crippen LogP contribution in [-0.4, -0.2) is 26.6 Å². The number of hydrogen-bond donors (Lipinski definition) is 1. The first-order valence-electron chi connectivity index (χ1n) is 8.87. The molecule has 4 rings (SSSR count). The maximum Gasteiger partial charge on any atom is 0.263 e. The van der Waals surface area contributed by atoms with Gasteiger partial charge in [0.25, 0.3) is 5.91 Å². The van der Waals surface area contributed by atoms with Crippen molar-refractivity contribution in [2.24, 2.45) is 0 Å². The normalized spacial score (nSPS) is 15.0. The van der Waals surface area contributed by atoms with Gasteiger partial charge < -0.3 is 10.1 Å². The topological polar surface area (TPSA) is 56.1 Å². The van der Waals surface area contributed by atoms with Crippen LogP contribution < -0.4 is 10.1 Å². The quantitative estimate of drug-likeness (QED) is 0.442. The number of amides is 1. The van der Waals surface area contributed by atoms with E-state index in [0.29, 0.717) is 20.9 Å². The summed E-state index contributed by atoms with van der Waals surface area (Å²) in [6.45, 7) is 2.55. The molecule has 1 aromatic heterocycles. The molecule has 1 aliphatic heterocycles. The summed E-state index contributed by atoms with van der Waals surface area (Å²) in [6, 6.07) is 15.1. The van der Waals surface area contributed by atoms with E-state index >= 15 is 0 Å². The zero-order valence-corrected chi connectivity index (χ0v) is 17.8. The lowest BCUT2D eigenvalue weighted by atomic mass is 10.1. The Bertz CT molecular complexity index is 1110. The van der Waals surface area contributed by atoms with Crippen LogP contribution in [0.4, 0.5) is 0 Å². The number of halogens is 1. The number of hydrogen-bond acceptors (Lipinski definition) is 5. The average Bonchev–Trinajstić information content (AvgIpc) is 3.26. The van der Waals surface area contributed by atoms with Gasteiger partial charge in [0.05, 0.1) is 22.9 Å². The van der Waals surface area contributed by atoms with Crippen molar-refractivity contribution in [1.29, 1.82) is 0 Å². The van der Waals surface area contributed by atoms with Gasteiger partial charge in [0.15, 0.2) is 0 Å². The number of thiocarbonyl (C=S) groups is 1. The summed E-state index contributed by atoms with van der Waals surface area (Å²) < 4.78 is 7.75. The molecular formula is C21H16ClN3O2S2. The van der Waals surface area contributed by atoms with Crippen molar-refractivity contribution in [3.8, 4) is 22.7 Å². The third-order valence-corrected chi connectivity index (χ3v) is 5.62. The minimum atomic E-state index is -0.197. The fourth-order valence-corrected chi connectivity index (χ4v) is 4.04. The number of benzene rings is 2. The van der Waals surface area contributed by atoms with Crippen LogP contribution in [0.15, 0.2) is 59.6 Å². The zero-order chi connectivity index (χ0) is 20.4. The third-order valence-electron chi connectivity index (χ3n) is 4.20. The Balaban J connectivity index is 1.79. The molecule has 0 atom stereocenters. The van der Waals surface area contributed by atoms with E-state index in [-0.39, 0.29) is 5.91 Å². The number of rotatable bonds is 5. The van der Waals surface area contributed by atoms with Crippen LogP contribution in [0, 0.1) is 0 Å². The van der Waals surface area contributed by atoms with Gasteiger partial charge in [-0.15, -0.1) is 0 Å². The van der Waals surface area contributed by atoms with Crippen LogP contribution in [0.5, 0.6) is 5.75 Å². The van der Waals surface area contributed by atoms with Crippen LogP contribution in [-0.2, 0) is 4.79 Å². The minimum Gasteiger partial charge on any atom is -0.494 e. The van der Waals surface area contributed by atoms with E-state index in [2.05, 4.69) is 5.32 Å². The molecule has 3 aromatic rings. The minimum absolute atomic E-state index is 0.197. The largest absolute Gasteiger partial charge is 0.494 e. The first kappa shape index (κ1) is 19.7. The Morgan fingerprint density at radius 1 is 1.21 bits per heavy atom. The number of carbonyl (C=O) groups excluding carboxylic acids is 1. The second kappa shape index (κ2) is 8.41. The Kier molecular flexibility index (Phi) is 5.71. The van der Waals surface area contributed by atoms with Gasteiger partial charge in [-0.2, -0.15) is 5.10 Å². The van der Waals surface area contributed by atoms with Gasteiger partial charge >= 0.3 is 0 Å². The van der Waals surface area contributed by atoms with Gasteiger partial charge in [0, 0.05) is 22.3 Å². The van der Waals surface area contributed by atoms with E-state index in [1.807, 2.05) is 67.7 Å². The second-order valence-electron chi connectivity index (χ2n) is 6.16. The van der Waals surface area contributed by atoms with Crippen LogP contribution >= 0.6 is 35.6 Å². The van der Waals surface area contributed by atoms with Crippen molar-refractivity contribution in [1.82, 2.24) is 15.1 Å². The number of nitrogens with one attached hydrogen (secondary N) is 1. The molecule has 1 N–H and O–H groups in total. The molecule has 0 unspecified atom stereocenters. The number of ether oxygens (including phenoxy) is 1. The highest BCUT2D eigenvalue weighted by Crippen LogP contribution is 2.31. The summed E-state index contributed by atoms with van der Waals surface area (Å²) in [5, 5.41) is 8.05. The zero-order valence-electron chi connectivity index (χ0n) is 15.4. The number of carbonyl (C=O) groups is 1. The van der Waals surface area contributed by atoms with Crippen molar-refractivity contribution in [3.63, 3.8) is 0 Å². The molecule has 0 saturated carbocycles. The number of thioether (sulfide) groups is 1. The van der Waals surface area contributed by atoms with E-state index in [1.165, 1.54) is 11.8 Å². The average molecular weight is 442 g/mol. The summed E-state index contributed by atoms with van der Waals surface area (Å²) in [4.78, 5) is 12.7. The summed E-state index contributed by atoms with van der Waals surface area (Å²) in [5.41, 5.74) is 3.34. The Morgan fingerprint density at radius 3 is 2.55 bits per heavy atom. The van der Waals surface area contributed by atoms with Crippen LogP contribution in [0.2, 0.25) is 5.02 Å². The Morgan fingerprint density at radius 2 is 1.93 bits per heavy atom. The molecule has 2 aromatic carbocycles. The fourth-order valence-electron chi connectivity index (χ4n) is 2.88. The van der Waals surface area contributed by atoms with Crippen LogP contribution in [0.1, 0.15) is 12.5 Å². The molecule has 2 heterocycles. The van der Waals surface area contributed by atoms with Gasteiger partial charge in [-0.05, 0) is 61.5 Å². The lowest BCUT2D eigenvalue weighted by molar-refractivity contribution is -0.115. The van der Waals surface area contributed by atoms with Gasteiger partial charge in [0.1, 0.15) is 10.1 Å². The molecule has 1 saturated heterocycles. The molecule has 0 spiro atoms. The Hall–Kier alpha value is -2.61. The highest BCUT2D eigenvalue weighted by Gasteiger charge is 2.23. The molecule has 5 nitrogen and oxygen atoms in total. The van der Waals surface area contributed by atoms with E-state index in [4.69, 9.17) is 33.7 Å². The predicted octanol–water partition coefficient (Wildman–Crippen LogP) is 5.08. The molecule has 146 valence electrons. The van der Waals surface area contributed by atoms with E-state index in [0.717, 1.165) is 28.3 Å². The smallest absolute Gasteiger partial charge is 0.263 e. The van der Waals surface area contributed by atoms with Crippen molar-refractivity contribution < 1.29 is 9.53 Å². The molecule has 0 radical (unpaired) electrons. The summed E-state index contributed by atoms with van der Waals surface area (Å²) in [6.07, 6.45) is 3.70. The maximum absolute atomic E-state index is 12.1. The molecule has 1 aliphatic rings. The lowest BCUT2D eigenvalue weighted by Gasteiger charge is -2.04. The molecule has 1 fully saturated rings. The molecule has 29 heavy (non-hydrogen) atoms. The molecule has 8 heteroatoms. The van der Waals surface area contributed by atoms with Crippen molar-refractivity contribution in [2.75, 3.05) is 6.61 Å². The number of nitrogens with zero attached hydrogens (tertiary/aromatic N) is 2. The lowest BCUT2D eigenvalue weighted by Crippen LogP contribution is -2.17. The van der Waals surface area contributed by atoms with E-state index in [1.54, 1.807) is 4.68 Å². The standard InChI is InChI=1S/C21H16ClN3O2S2/c1-2-27-17-9-3-13(4-10-17)19-14(11-18-20(26)23-21(28)29-18)12-25(24-19)16-7-5-15(22)6-8-16/h3-12H,2H2,1H3,(H,23,26,28)/b18-11-. The first-order chi connectivity index (χ1) is 14.0. The maximum atomic E-state index is 12.1. The van der Waals surface area contributed by atoms with Crippen LogP contribution in [0.25, 0.3) is 23.0 Å². The van der Waals surface area contributed by atoms with Crippen molar-refractivity contribution in [3.05, 3.63) is 70.2 Å². The SMILES string of the molecule is CCOc1ccc(-c2nn(-c3ccc(Cl)cc3)cc2/C=C2\SC(=S)NC2=O)cc1. The van der Waals surface area contributed by atoms with Gasteiger partial charge in [-0.25, -0.2) is 4.68 Å². The molecule has 0 aliphatic carbocycles. The molecular weight excluding hydrogens is 426 g/mol. The second-order valence-corrected chi connectivity index (χ2v) is 8.32. The summed E-state index contributed by atoms with van der Waals surface area (Å²) >= 11 is 12.3. The van der Waals surface area contributed by atoms with Crippen molar-refractivity contribution in [2.45, 2.75) is 6.92 Å². The van der Waals surface area contributed by atoms with Crippen molar-refractivity contribution >= 4 is 51.9 Å². The van der Waals surface area contributed by atoms with E-state index in [9.17, 15) is 4.79 Å². The first-order valence-corrected chi connectivity index (χ1v) is 10.5. The predicted molar refractivity (Wildman–Crippen MR) is 121 cm³/mol. The van der Waals surface area contributed by atoms with Gasteiger partial charge in [0.2, 0.25) is 0 Å². The van der Waals surface area contributed by atoms with E-state index < -0.39 is 0 Å². The highest BCUT2D eigenvalue weighted by molar-refractivity contribution is 8.26. The monoisotopic (exact) mass is 441 g/mol.